The van der Waals surface area contributed by atoms with Crippen LogP contribution in [0.15, 0.2) is 0 Å². The fraction of sp³-hybridized carbons (Fsp3) is 0.889. The molecule has 0 aromatic carbocycles. The second-order valence-corrected chi connectivity index (χ2v) is 6.05. The van der Waals surface area contributed by atoms with Gasteiger partial charge in [-0.15, -0.1) is 0 Å². The molecule has 0 bridgehead atoms. The van der Waals surface area contributed by atoms with Crippen LogP contribution in [0.1, 0.15) is 40.0 Å². The molecule has 0 fully saturated rings. The molecule has 1 amide bonds. The molecule has 0 saturated carbocycles. The summed E-state index contributed by atoms with van der Waals surface area (Å²) in [6, 6.07) is -0.738. The van der Waals surface area contributed by atoms with E-state index in [1.54, 1.807) is 0 Å². The number of hydrogen-bond donors (Lipinski definition) is 2. The third-order valence-electron chi connectivity index (χ3n) is 2.07. The molecule has 90 valence electrons. The van der Waals surface area contributed by atoms with Gasteiger partial charge in [0, 0.05) is 0 Å². The lowest BCUT2D eigenvalue weighted by molar-refractivity contribution is -0.120. The molecule has 0 aliphatic rings. The molecular formula is C9H20N2O3S. The molecule has 0 aliphatic heterocycles. The summed E-state index contributed by atoms with van der Waals surface area (Å²) >= 11 is 0. The molecule has 15 heavy (non-hydrogen) atoms. The van der Waals surface area contributed by atoms with Crippen LogP contribution in [0.2, 0.25) is 0 Å². The highest BCUT2D eigenvalue weighted by atomic mass is 32.2. The first-order valence-electron chi connectivity index (χ1n) is 5.12. The summed E-state index contributed by atoms with van der Waals surface area (Å²) in [5.41, 5.74) is 5.53. The topological polar surface area (TPSA) is 89.3 Å². The Labute approximate surface area is 91.5 Å². The summed E-state index contributed by atoms with van der Waals surface area (Å²) in [6.45, 7) is 5.00. The van der Waals surface area contributed by atoms with Gasteiger partial charge in [0.05, 0.1) is 11.3 Å². The van der Waals surface area contributed by atoms with Gasteiger partial charge in [0.25, 0.3) is 0 Å². The van der Waals surface area contributed by atoms with Gasteiger partial charge < -0.3 is 5.73 Å². The minimum absolute atomic E-state index is 0.510. The lowest BCUT2D eigenvalue weighted by atomic mass is 10.1. The molecule has 0 spiro atoms. The van der Waals surface area contributed by atoms with Gasteiger partial charge in [0.1, 0.15) is 0 Å². The van der Waals surface area contributed by atoms with E-state index < -0.39 is 27.2 Å². The highest BCUT2D eigenvalue weighted by molar-refractivity contribution is 7.90. The number of sulfonamides is 1. The van der Waals surface area contributed by atoms with Crippen LogP contribution < -0.4 is 10.5 Å². The van der Waals surface area contributed by atoms with Crippen molar-refractivity contribution < 1.29 is 13.2 Å². The predicted octanol–water partition coefficient (Wildman–Crippen LogP) is 0.358. The Morgan fingerprint density at radius 3 is 2.33 bits per heavy atom. The van der Waals surface area contributed by atoms with E-state index in [2.05, 4.69) is 0 Å². The van der Waals surface area contributed by atoms with Gasteiger partial charge in [0.15, 0.2) is 0 Å². The van der Waals surface area contributed by atoms with Crippen LogP contribution in [0.25, 0.3) is 0 Å². The molecule has 0 rings (SSSR count). The van der Waals surface area contributed by atoms with Crippen molar-refractivity contribution in [3.63, 3.8) is 0 Å². The minimum Gasteiger partial charge on any atom is -0.320 e. The molecule has 3 N–H and O–H groups in total. The normalized spacial score (nSPS) is 13.9. The average molecular weight is 236 g/mol. The molecule has 1 atom stereocenters. The lowest BCUT2D eigenvalue weighted by Gasteiger charge is -2.13. The monoisotopic (exact) mass is 236 g/mol. The minimum atomic E-state index is -3.55. The van der Waals surface area contributed by atoms with Gasteiger partial charge in [0.2, 0.25) is 15.9 Å². The Balaban J connectivity index is 4.25. The summed E-state index contributed by atoms with van der Waals surface area (Å²) in [6.07, 6.45) is 2.25. The molecule has 1 unspecified atom stereocenters. The quantitative estimate of drug-likeness (QED) is 0.696. The van der Waals surface area contributed by atoms with Gasteiger partial charge in [-0.05, 0) is 20.3 Å². The van der Waals surface area contributed by atoms with Crippen LogP contribution in [0.3, 0.4) is 0 Å². The zero-order chi connectivity index (χ0) is 12.1. The fourth-order valence-electron chi connectivity index (χ4n) is 0.889. The molecule has 0 aromatic heterocycles. The second kappa shape index (κ2) is 6.07. The Morgan fingerprint density at radius 1 is 1.40 bits per heavy atom. The van der Waals surface area contributed by atoms with Crippen LogP contribution in [0.5, 0.6) is 0 Å². The van der Waals surface area contributed by atoms with Crippen LogP contribution in [-0.2, 0) is 14.8 Å². The van der Waals surface area contributed by atoms with E-state index in [1.807, 2.05) is 11.6 Å². The Bertz CT molecular complexity index is 298. The van der Waals surface area contributed by atoms with Crippen molar-refractivity contribution in [2.75, 3.05) is 0 Å². The number of carbonyl (C=O) groups excluding carboxylic acids is 1. The first-order valence-corrected chi connectivity index (χ1v) is 6.67. The number of unbranched alkanes of at least 4 members (excludes halogenated alkanes) is 1. The molecule has 0 saturated heterocycles. The SMILES string of the molecule is CCCCC(N)C(=O)NS(=O)(=O)C(C)C. The third-order valence-corrected chi connectivity index (χ3v) is 3.80. The van der Waals surface area contributed by atoms with E-state index in [-0.39, 0.29) is 0 Å². The number of amides is 1. The first-order chi connectivity index (χ1) is 6.81. The van der Waals surface area contributed by atoms with E-state index >= 15 is 0 Å². The van der Waals surface area contributed by atoms with Crippen molar-refractivity contribution in [3.05, 3.63) is 0 Å². The van der Waals surface area contributed by atoms with Crippen molar-refractivity contribution in [3.8, 4) is 0 Å². The number of carbonyl (C=O) groups is 1. The maximum Gasteiger partial charge on any atom is 0.250 e. The summed E-state index contributed by atoms with van der Waals surface area (Å²) in [7, 11) is -3.55. The van der Waals surface area contributed by atoms with Crippen molar-refractivity contribution in [2.45, 2.75) is 51.3 Å². The summed E-state index contributed by atoms with van der Waals surface area (Å²) < 4.78 is 24.6. The molecule has 6 heteroatoms. The average Bonchev–Trinajstić information content (AvgIpc) is 2.13. The summed E-state index contributed by atoms with van der Waals surface area (Å²) in [5, 5.41) is -0.625. The number of nitrogens with two attached hydrogens (primary N) is 1. The van der Waals surface area contributed by atoms with Crippen molar-refractivity contribution in [1.82, 2.24) is 4.72 Å². The Hall–Kier alpha value is -0.620. The van der Waals surface area contributed by atoms with E-state index in [1.165, 1.54) is 13.8 Å². The smallest absolute Gasteiger partial charge is 0.250 e. The Morgan fingerprint density at radius 2 is 1.93 bits per heavy atom. The standard InChI is InChI=1S/C9H20N2O3S/c1-4-5-6-8(10)9(12)11-15(13,14)7(2)3/h7-8H,4-6,10H2,1-3H3,(H,11,12). The van der Waals surface area contributed by atoms with E-state index in [0.29, 0.717) is 6.42 Å². The number of hydrogen-bond acceptors (Lipinski definition) is 4. The van der Waals surface area contributed by atoms with Crippen molar-refractivity contribution >= 4 is 15.9 Å². The highest BCUT2D eigenvalue weighted by Crippen LogP contribution is 2.01. The molecule has 5 nitrogen and oxygen atoms in total. The molecule has 0 radical (unpaired) electrons. The molecule has 0 aliphatic carbocycles. The lowest BCUT2D eigenvalue weighted by Crippen LogP contribution is -2.45. The summed E-state index contributed by atoms with van der Waals surface area (Å²) in [4.78, 5) is 11.4. The van der Waals surface area contributed by atoms with Crippen LogP contribution in [0.4, 0.5) is 0 Å². The van der Waals surface area contributed by atoms with Gasteiger partial charge >= 0.3 is 0 Å². The molecule has 0 aromatic rings. The fourth-order valence-corrected chi connectivity index (χ4v) is 1.56. The Kier molecular flexibility index (Phi) is 5.82. The number of rotatable bonds is 6. The van der Waals surface area contributed by atoms with Crippen molar-refractivity contribution in [2.24, 2.45) is 5.73 Å². The summed E-state index contributed by atoms with van der Waals surface area (Å²) in [5.74, 6) is -0.614. The van der Waals surface area contributed by atoms with Gasteiger partial charge in [-0.25, -0.2) is 8.42 Å². The van der Waals surface area contributed by atoms with Gasteiger partial charge in [-0.3, -0.25) is 9.52 Å². The van der Waals surface area contributed by atoms with E-state index in [9.17, 15) is 13.2 Å². The van der Waals surface area contributed by atoms with Gasteiger partial charge in [-0.1, -0.05) is 19.8 Å². The first kappa shape index (κ1) is 14.4. The third kappa shape index (κ3) is 5.13. The van der Waals surface area contributed by atoms with Crippen molar-refractivity contribution in [1.29, 1.82) is 0 Å². The maximum atomic E-state index is 11.4. The van der Waals surface area contributed by atoms with E-state index in [4.69, 9.17) is 5.73 Å². The van der Waals surface area contributed by atoms with Crippen LogP contribution in [-0.4, -0.2) is 25.6 Å². The maximum absolute atomic E-state index is 11.4. The highest BCUT2D eigenvalue weighted by Gasteiger charge is 2.22. The molecule has 0 heterocycles. The van der Waals surface area contributed by atoms with Crippen LogP contribution in [0, 0.1) is 0 Å². The second-order valence-electron chi connectivity index (χ2n) is 3.81. The molecular weight excluding hydrogens is 216 g/mol. The van der Waals surface area contributed by atoms with Crippen LogP contribution >= 0.6 is 0 Å². The van der Waals surface area contributed by atoms with Gasteiger partial charge in [-0.2, -0.15) is 0 Å². The zero-order valence-electron chi connectivity index (χ0n) is 9.49. The zero-order valence-corrected chi connectivity index (χ0v) is 10.3. The predicted molar refractivity (Wildman–Crippen MR) is 59.7 cm³/mol. The number of nitrogens with one attached hydrogen (secondary N) is 1. The largest absolute Gasteiger partial charge is 0.320 e. The van der Waals surface area contributed by atoms with E-state index in [0.717, 1.165) is 12.8 Å².